The van der Waals surface area contributed by atoms with Gasteiger partial charge in [-0.15, -0.1) is 0 Å². The van der Waals surface area contributed by atoms with E-state index in [4.69, 9.17) is 5.73 Å². The van der Waals surface area contributed by atoms with E-state index in [1.165, 1.54) is 25.0 Å². The van der Waals surface area contributed by atoms with Crippen LogP contribution in [0.2, 0.25) is 0 Å². The second-order valence-corrected chi connectivity index (χ2v) is 3.09. The van der Waals surface area contributed by atoms with Gasteiger partial charge in [0.1, 0.15) is 0 Å². The second kappa shape index (κ2) is 4.99. The number of rotatable bonds is 5. The molecule has 2 N–H and O–H groups in total. The van der Waals surface area contributed by atoms with Gasteiger partial charge in [-0.05, 0) is 25.0 Å². The molecule has 0 fully saturated rings. The first-order valence-corrected chi connectivity index (χ1v) is 4.72. The number of aryl methyl sites for hydroxylation is 1. The zero-order valence-corrected chi connectivity index (χ0v) is 7.79. The van der Waals surface area contributed by atoms with Crippen LogP contribution < -0.4 is 5.73 Å². The van der Waals surface area contributed by atoms with Crippen LogP contribution in [0.5, 0.6) is 0 Å². The van der Waals surface area contributed by atoms with Crippen molar-refractivity contribution in [1.29, 1.82) is 0 Å². The molecule has 2 nitrogen and oxygen atoms in total. The lowest BCUT2D eigenvalue weighted by Crippen LogP contribution is -2.11. The van der Waals surface area contributed by atoms with E-state index in [-0.39, 0.29) is 0 Å². The zero-order valence-electron chi connectivity index (χ0n) is 7.79. The van der Waals surface area contributed by atoms with Gasteiger partial charge in [-0.2, -0.15) is 0 Å². The summed E-state index contributed by atoms with van der Waals surface area (Å²) in [6.07, 6.45) is 5.82. The van der Waals surface area contributed by atoms with E-state index in [0.29, 0.717) is 0 Å². The molecular formula is C10H18N2. The number of hydrogen-bond acceptors (Lipinski definition) is 1. The minimum atomic E-state index is 0.730. The highest BCUT2D eigenvalue weighted by atomic mass is 15.0. The molecule has 1 heterocycles. The van der Waals surface area contributed by atoms with Crippen molar-refractivity contribution >= 4 is 0 Å². The molecule has 0 bridgehead atoms. The van der Waals surface area contributed by atoms with Crippen LogP contribution >= 0.6 is 0 Å². The van der Waals surface area contributed by atoms with E-state index in [1.807, 2.05) is 0 Å². The quantitative estimate of drug-likeness (QED) is 0.710. The van der Waals surface area contributed by atoms with Crippen LogP contribution in [0.3, 0.4) is 0 Å². The van der Waals surface area contributed by atoms with Gasteiger partial charge in [0.15, 0.2) is 0 Å². The van der Waals surface area contributed by atoms with E-state index < -0.39 is 0 Å². The van der Waals surface area contributed by atoms with Crippen molar-refractivity contribution in [3.05, 3.63) is 24.0 Å². The van der Waals surface area contributed by atoms with Crippen molar-refractivity contribution in [3.63, 3.8) is 0 Å². The molecule has 0 atom stereocenters. The lowest BCUT2D eigenvalue weighted by atomic mass is 10.2. The monoisotopic (exact) mass is 166 g/mol. The van der Waals surface area contributed by atoms with Crippen molar-refractivity contribution in [2.24, 2.45) is 5.73 Å². The Labute approximate surface area is 74.4 Å². The van der Waals surface area contributed by atoms with Gasteiger partial charge in [0, 0.05) is 25.0 Å². The Kier molecular flexibility index (Phi) is 3.88. The molecule has 0 unspecified atom stereocenters. The molecule has 0 saturated carbocycles. The van der Waals surface area contributed by atoms with E-state index in [2.05, 4.69) is 29.8 Å². The van der Waals surface area contributed by atoms with E-state index >= 15 is 0 Å². The number of nitrogens with zero attached hydrogens (tertiary/aromatic N) is 1. The van der Waals surface area contributed by atoms with Crippen LogP contribution in [-0.2, 0) is 13.0 Å². The van der Waals surface area contributed by atoms with Gasteiger partial charge >= 0.3 is 0 Å². The highest BCUT2D eigenvalue weighted by Gasteiger charge is 1.97. The molecule has 0 radical (unpaired) electrons. The predicted octanol–water partition coefficient (Wildman–Crippen LogP) is 1.79. The minimum absolute atomic E-state index is 0.730. The Morgan fingerprint density at radius 3 is 3.00 bits per heavy atom. The minimum Gasteiger partial charge on any atom is -0.350 e. The lowest BCUT2D eigenvalue weighted by Gasteiger charge is -2.06. The average molecular weight is 166 g/mol. The van der Waals surface area contributed by atoms with Crippen LogP contribution in [0.15, 0.2) is 18.3 Å². The molecule has 0 aliphatic heterocycles. The molecule has 0 aliphatic carbocycles. The van der Waals surface area contributed by atoms with Crippen molar-refractivity contribution in [2.45, 2.75) is 32.7 Å². The molecule has 1 aromatic heterocycles. The standard InChI is InChI=1S/C10H18N2/c1-2-3-5-10-6-4-8-12(10)9-7-11/h4,6,8H,2-3,5,7,9,11H2,1H3. The summed E-state index contributed by atoms with van der Waals surface area (Å²) < 4.78 is 2.25. The van der Waals surface area contributed by atoms with Gasteiger partial charge in [0.2, 0.25) is 0 Å². The fraction of sp³-hybridized carbons (Fsp3) is 0.600. The summed E-state index contributed by atoms with van der Waals surface area (Å²) in [5.41, 5.74) is 6.92. The van der Waals surface area contributed by atoms with Crippen LogP contribution in [0.25, 0.3) is 0 Å². The van der Waals surface area contributed by atoms with E-state index in [1.54, 1.807) is 0 Å². The molecule has 0 spiro atoms. The van der Waals surface area contributed by atoms with Crippen molar-refractivity contribution in [2.75, 3.05) is 6.54 Å². The number of unbranched alkanes of at least 4 members (excludes halogenated alkanes) is 1. The van der Waals surface area contributed by atoms with Crippen molar-refractivity contribution < 1.29 is 0 Å². The maximum Gasteiger partial charge on any atom is 0.0345 e. The van der Waals surface area contributed by atoms with Crippen molar-refractivity contribution in [3.8, 4) is 0 Å². The summed E-state index contributed by atoms with van der Waals surface area (Å²) in [4.78, 5) is 0. The fourth-order valence-corrected chi connectivity index (χ4v) is 1.39. The average Bonchev–Trinajstić information content (AvgIpc) is 2.50. The van der Waals surface area contributed by atoms with Crippen LogP contribution in [0, 0.1) is 0 Å². The molecule has 0 amide bonds. The number of hydrogen-bond donors (Lipinski definition) is 1. The zero-order chi connectivity index (χ0) is 8.81. The van der Waals surface area contributed by atoms with Gasteiger partial charge in [0.25, 0.3) is 0 Å². The van der Waals surface area contributed by atoms with Crippen LogP contribution in [0.4, 0.5) is 0 Å². The summed E-state index contributed by atoms with van der Waals surface area (Å²) in [5.74, 6) is 0. The summed E-state index contributed by atoms with van der Waals surface area (Å²) in [5, 5.41) is 0. The molecule has 1 rings (SSSR count). The Balaban J connectivity index is 2.51. The SMILES string of the molecule is CCCCc1cccn1CCN. The highest BCUT2D eigenvalue weighted by molar-refractivity contribution is 5.07. The first-order chi connectivity index (χ1) is 5.88. The van der Waals surface area contributed by atoms with Crippen LogP contribution in [-0.4, -0.2) is 11.1 Å². The van der Waals surface area contributed by atoms with Gasteiger partial charge in [0.05, 0.1) is 0 Å². The lowest BCUT2D eigenvalue weighted by molar-refractivity contribution is 0.652. The fourth-order valence-electron chi connectivity index (χ4n) is 1.39. The van der Waals surface area contributed by atoms with Gasteiger partial charge in [-0.25, -0.2) is 0 Å². The topological polar surface area (TPSA) is 30.9 Å². The maximum atomic E-state index is 5.50. The smallest absolute Gasteiger partial charge is 0.0345 e. The molecule has 0 aliphatic rings. The van der Waals surface area contributed by atoms with E-state index in [0.717, 1.165) is 13.1 Å². The Morgan fingerprint density at radius 2 is 2.33 bits per heavy atom. The molecule has 0 saturated heterocycles. The maximum absolute atomic E-state index is 5.50. The second-order valence-electron chi connectivity index (χ2n) is 3.09. The van der Waals surface area contributed by atoms with E-state index in [9.17, 15) is 0 Å². The first-order valence-electron chi connectivity index (χ1n) is 4.72. The van der Waals surface area contributed by atoms with Gasteiger partial charge < -0.3 is 10.3 Å². The number of aromatic nitrogens is 1. The Morgan fingerprint density at radius 1 is 1.50 bits per heavy atom. The molecule has 2 heteroatoms. The number of nitrogens with two attached hydrogens (primary N) is 1. The summed E-state index contributed by atoms with van der Waals surface area (Å²) >= 11 is 0. The Bertz CT molecular complexity index is 215. The molecule has 1 aromatic rings. The first kappa shape index (κ1) is 9.33. The highest BCUT2D eigenvalue weighted by Crippen LogP contribution is 2.06. The third kappa shape index (κ3) is 2.38. The normalized spacial score (nSPS) is 10.5. The third-order valence-corrected chi connectivity index (χ3v) is 2.08. The summed E-state index contributed by atoms with van der Waals surface area (Å²) in [7, 11) is 0. The predicted molar refractivity (Wildman–Crippen MR) is 52.1 cm³/mol. The summed E-state index contributed by atoms with van der Waals surface area (Å²) in [6, 6.07) is 4.28. The molecule has 0 aromatic carbocycles. The Hall–Kier alpha value is -0.760. The molecular weight excluding hydrogens is 148 g/mol. The van der Waals surface area contributed by atoms with Crippen LogP contribution in [0.1, 0.15) is 25.5 Å². The summed E-state index contributed by atoms with van der Waals surface area (Å²) in [6.45, 7) is 3.90. The molecule has 68 valence electrons. The van der Waals surface area contributed by atoms with Gasteiger partial charge in [-0.1, -0.05) is 13.3 Å². The third-order valence-electron chi connectivity index (χ3n) is 2.08. The van der Waals surface area contributed by atoms with Gasteiger partial charge in [-0.3, -0.25) is 0 Å². The molecule has 12 heavy (non-hydrogen) atoms. The largest absolute Gasteiger partial charge is 0.350 e. The van der Waals surface area contributed by atoms with Crippen molar-refractivity contribution in [1.82, 2.24) is 4.57 Å².